The Morgan fingerprint density at radius 3 is 2.39 bits per heavy atom. The zero-order valence-electron chi connectivity index (χ0n) is 13.9. The molecule has 1 heterocycles. The van der Waals surface area contributed by atoms with Gasteiger partial charge >= 0.3 is 0 Å². The highest BCUT2D eigenvalue weighted by molar-refractivity contribution is 5.32. The molecule has 0 aliphatic carbocycles. The van der Waals surface area contributed by atoms with Gasteiger partial charge in [-0.2, -0.15) is 0 Å². The fourth-order valence-electron chi connectivity index (χ4n) is 2.39. The van der Waals surface area contributed by atoms with Crippen molar-refractivity contribution in [1.82, 2.24) is 10.3 Å². The number of nitrogens with zero attached hydrogens (tertiary/aromatic N) is 1. The van der Waals surface area contributed by atoms with Crippen LogP contribution in [-0.2, 0) is 6.54 Å². The lowest BCUT2D eigenvalue weighted by atomic mass is 10.2. The fraction of sp³-hybridized carbons (Fsp3) is 0.421. The zero-order chi connectivity index (χ0) is 16.2. The highest BCUT2D eigenvalue weighted by Crippen LogP contribution is 2.11. The van der Waals surface area contributed by atoms with Crippen molar-refractivity contribution in [1.29, 1.82) is 0 Å². The second-order valence-electron chi connectivity index (χ2n) is 5.58. The van der Waals surface area contributed by atoms with Crippen LogP contribution >= 0.6 is 0 Å². The first kappa shape index (κ1) is 17.3. The first-order valence-electron chi connectivity index (χ1n) is 8.37. The van der Waals surface area contributed by atoms with Gasteiger partial charge in [0.1, 0.15) is 11.6 Å². The van der Waals surface area contributed by atoms with Crippen LogP contribution in [0.25, 0.3) is 0 Å². The van der Waals surface area contributed by atoms with Gasteiger partial charge < -0.3 is 15.4 Å². The van der Waals surface area contributed by atoms with Gasteiger partial charge in [-0.25, -0.2) is 4.98 Å². The van der Waals surface area contributed by atoms with Gasteiger partial charge in [-0.3, -0.25) is 0 Å². The lowest BCUT2D eigenvalue weighted by Crippen LogP contribution is -2.14. The molecule has 0 bridgehead atoms. The molecule has 0 atom stereocenters. The Balaban J connectivity index is 1.43. The van der Waals surface area contributed by atoms with Gasteiger partial charge in [0.15, 0.2) is 0 Å². The molecule has 1 aromatic heterocycles. The minimum Gasteiger partial charge on any atom is -0.497 e. The van der Waals surface area contributed by atoms with Gasteiger partial charge in [0.2, 0.25) is 0 Å². The molecule has 0 saturated heterocycles. The Kier molecular flexibility index (Phi) is 7.98. The lowest BCUT2D eigenvalue weighted by molar-refractivity contribution is 0.414. The fourth-order valence-corrected chi connectivity index (χ4v) is 2.39. The van der Waals surface area contributed by atoms with E-state index in [1.165, 1.54) is 31.2 Å². The van der Waals surface area contributed by atoms with Crippen molar-refractivity contribution in [2.75, 3.05) is 25.5 Å². The SMILES string of the molecule is COc1ccc(CNCCCCCCNc2ccccn2)cc1. The van der Waals surface area contributed by atoms with Gasteiger partial charge in [-0.1, -0.05) is 31.0 Å². The minimum atomic E-state index is 0.910. The molecule has 2 aromatic rings. The van der Waals surface area contributed by atoms with E-state index < -0.39 is 0 Å². The van der Waals surface area contributed by atoms with E-state index in [1.807, 2.05) is 36.5 Å². The molecule has 0 saturated carbocycles. The molecule has 0 spiro atoms. The highest BCUT2D eigenvalue weighted by atomic mass is 16.5. The van der Waals surface area contributed by atoms with Crippen molar-refractivity contribution in [3.8, 4) is 5.75 Å². The molecule has 0 amide bonds. The Bertz CT molecular complexity index is 528. The Morgan fingerprint density at radius 2 is 1.70 bits per heavy atom. The maximum atomic E-state index is 5.16. The van der Waals surface area contributed by atoms with Crippen molar-refractivity contribution in [2.45, 2.75) is 32.2 Å². The normalized spacial score (nSPS) is 10.5. The first-order chi connectivity index (χ1) is 11.4. The molecule has 0 aliphatic rings. The molecule has 124 valence electrons. The summed E-state index contributed by atoms with van der Waals surface area (Å²) in [6.45, 7) is 2.99. The quantitative estimate of drug-likeness (QED) is 0.619. The number of ether oxygens (including phenoxy) is 1. The third-order valence-corrected chi connectivity index (χ3v) is 3.74. The van der Waals surface area contributed by atoms with E-state index in [2.05, 4.69) is 27.8 Å². The monoisotopic (exact) mass is 313 g/mol. The predicted molar refractivity (Wildman–Crippen MR) is 95.9 cm³/mol. The Morgan fingerprint density at radius 1 is 0.913 bits per heavy atom. The standard InChI is InChI=1S/C19H27N3O/c1-23-18-11-9-17(10-12-18)16-20-13-5-2-3-6-14-21-19-8-4-7-15-22-19/h4,7-12,15,20H,2-3,5-6,13-14,16H2,1H3,(H,21,22). The smallest absolute Gasteiger partial charge is 0.125 e. The number of methoxy groups -OCH3 is 1. The summed E-state index contributed by atoms with van der Waals surface area (Å²) in [5.41, 5.74) is 1.30. The number of hydrogen-bond donors (Lipinski definition) is 2. The van der Waals surface area contributed by atoms with Gasteiger partial charge in [0.25, 0.3) is 0 Å². The number of nitrogens with one attached hydrogen (secondary N) is 2. The molecule has 0 aliphatic heterocycles. The molecule has 4 nitrogen and oxygen atoms in total. The Hall–Kier alpha value is -2.07. The third-order valence-electron chi connectivity index (χ3n) is 3.74. The average Bonchev–Trinajstić information content (AvgIpc) is 2.61. The lowest BCUT2D eigenvalue weighted by Gasteiger charge is -2.07. The summed E-state index contributed by atoms with van der Waals surface area (Å²) < 4.78 is 5.16. The van der Waals surface area contributed by atoms with Gasteiger partial charge in [0.05, 0.1) is 7.11 Å². The van der Waals surface area contributed by atoms with E-state index >= 15 is 0 Å². The molecular formula is C19H27N3O. The first-order valence-corrected chi connectivity index (χ1v) is 8.37. The Labute approximate surface area is 139 Å². The second-order valence-corrected chi connectivity index (χ2v) is 5.58. The van der Waals surface area contributed by atoms with Crippen molar-refractivity contribution < 1.29 is 4.74 Å². The van der Waals surface area contributed by atoms with Crippen molar-refractivity contribution in [3.05, 3.63) is 54.2 Å². The number of pyridine rings is 1. The summed E-state index contributed by atoms with van der Waals surface area (Å²) in [7, 11) is 1.69. The van der Waals surface area contributed by atoms with Crippen LogP contribution in [0, 0.1) is 0 Å². The summed E-state index contributed by atoms with van der Waals surface area (Å²) >= 11 is 0. The minimum absolute atomic E-state index is 0.910. The second kappa shape index (κ2) is 10.6. The summed E-state index contributed by atoms with van der Waals surface area (Å²) in [4.78, 5) is 4.25. The summed E-state index contributed by atoms with van der Waals surface area (Å²) in [5, 5.41) is 6.83. The largest absolute Gasteiger partial charge is 0.497 e. The van der Waals surface area contributed by atoms with Crippen LogP contribution in [0.15, 0.2) is 48.7 Å². The third kappa shape index (κ3) is 7.15. The number of anilines is 1. The summed E-state index contributed by atoms with van der Waals surface area (Å²) in [5.74, 6) is 1.88. The summed E-state index contributed by atoms with van der Waals surface area (Å²) in [6, 6.07) is 14.2. The zero-order valence-corrected chi connectivity index (χ0v) is 13.9. The molecular weight excluding hydrogens is 286 g/mol. The molecule has 2 rings (SSSR count). The van der Waals surface area contributed by atoms with Gasteiger partial charge in [-0.15, -0.1) is 0 Å². The molecule has 0 radical (unpaired) electrons. The van der Waals surface area contributed by atoms with Crippen LogP contribution < -0.4 is 15.4 Å². The topological polar surface area (TPSA) is 46.2 Å². The van der Waals surface area contributed by atoms with E-state index in [4.69, 9.17) is 4.74 Å². The van der Waals surface area contributed by atoms with Crippen molar-refractivity contribution in [3.63, 3.8) is 0 Å². The van der Waals surface area contributed by atoms with E-state index in [0.717, 1.165) is 31.2 Å². The van der Waals surface area contributed by atoms with Crippen LogP contribution in [0.2, 0.25) is 0 Å². The van der Waals surface area contributed by atoms with Crippen molar-refractivity contribution >= 4 is 5.82 Å². The number of rotatable bonds is 11. The van der Waals surface area contributed by atoms with E-state index in [-0.39, 0.29) is 0 Å². The molecule has 1 aromatic carbocycles. The van der Waals surface area contributed by atoms with Crippen LogP contribution in [-0.4, -0.2) is 25.2 Å². The van der Waals surface area contributed by atoms with Gasteiger partial charge in [0, 0.05) is 19.3 Å². The number of unbranched alkanes of at least 4 members (excludes halogenated alkanes) is 3. The predicted octanol–water partition coefficient (Wildman–Crippen LogP) is 3.85. The highest BCUT2D eigenvalue weighted by Gasteiger charge is 1.95. The van der Waals surface area contributed by atoms with Crippen LogP contribution in [0.4, 0.5) is 5.82 Å². The van der Waals surface area contributed by atoms with E-state index in [1.54, 1.807) is 7.11 Å². The average molecular weight is 313 g/mol. The molecule has 0 unspecified atom stereocenters. The maximum Gasteiger partial charge on any atom is 0.125 e. The van der Waals surface area contributed by atoms with Crippen LogP contribution in [0.1, 0.15) is 31.2 Å². The number of hydrogen-bond acceptors (Lipinski definition) is 4. The number of aromatic nitrogens is 1. The summed E-state index contributed by atoms with van der Waals surface area (Å²) in [6.07, 6.45) is 6.75. The van der Waals surface area contributed by atoms with E-state index in [9.17, 15) is 0 Å². The van der Waals surface area contributed by atoms with Crippen LogP contribution in [0.5, 0.6) is 5.75 Å². The maximum absolute atomic E-state index is 5.16. The molecule has 2 N–H and O–H groups in total. The van der Waals surface area contributed by atoms with Gasteiger partial charge in [-0.05, 0) is 49.2 Å². The molecule has 4 heteroatoms. The van der Waals surface area contributed by atoms with E-state index in [0.29, 0.717) is 0 Å². The molecule has 0 fully saturated rings. The van der Waals surface area contributed by atoms with Crippen LogP contribution in [0.3, 0.4) is 0 Å². The van der Waals surface area contributed by atoms with Crippen molar-refractivity contribution in [2.24, 2.45) is 0 Å². The molecule has 23 heavy (non-hydrogen) atoms. The number of benzene rings is 1.